The summed E-state index contributed by atoms with van der Waals surface area (Å²) in [7, 11) is -3.56. The Kier molecular flexibility index (Phi) is 4.51. The molecule has 3 rings (SSSR count). The molecule has 2 aromatic carbocycles. The molecule has 0 aromatic heterocycles. The molecular formula is C18H22N2O3S. The first-order chi connectivity index (χ1) is 11.4. The van der Waals surface area contributed by atoms with Gasteiger partial charge >= 0.3 is 0 Å². The van der Waals surface area contributed by atoms with Crippen LogP contribution in [0.4, 0.5) is 11.4 Å². The summed E-state index contributed by atoms with van der Waals surface area (Å²) >= 11 is 0. The van der Waals surface area contributed by atoms with E-state index in [-0.39, 0.29) is 10.4 Å². The van der Waals surface area contributed by atoms with Crippen molar-refractivity contribution in [1.29, 1.82) is 0 Å². The second kappa shape index (κ2) is 6.45. The SMILES string of the molecule is CC1(C)COCCN1c1ccc(NS(=O)(=O)c2ccccc2)cc1. The molecule has 1 saturated heterocycles. The Hall–Kier alpha value is -2.05. The topological polar surface area (TPSA) is 58.6 Å². The lowest BCUT2D eigenvalue weighted by Crippen LogP contribution is -2.53. The van der Waals surface area contributed by atoms with Crippen molar-refractivity contribution in [3.8, 4) is 0 Å². The summed E-state index contributed by atoms with van der Waals surface area (Å²) in [5.41, 5.74) is 1.53. The lowest BCUT2D eigenvalue weighted by atomic mass is 10.0. The fourth-order valence-electron chi connectivity index (χ4n) is 2.86. The van der Waals surface area contributed by atoms with E-state index in [0.717, 1.165) is 12.2 Å². The molecule has 0 unspecified atom stereocenters. The van der Waals surface area contributed by atoms with E-state index in [2.05, 4.69) is 23.5 Å². The van der Waals surface area contributed by atoms with Crippen LogP contribution in [0.3, 0.4) is 0 Å². The third-order valence-corrected chi connectivity index (χ3v) is 5.53. The number of benzene rings is 2. The van der Waals surface area contributed by atoms with Crippen LogP contribution in [0.1, 0.15) is 13.8 Å². The monoisotopic (exact) mass is 346 g/mol. The van der Waals surface area contributed by atoms with Crippen LogP contribution in [0.2, 0.25) is 0 Å². The maximum atomic E-state index is 12.4. The van der Waals surface area contributed by atoms with Gasteiger partial charge in [0.15, 0.2) is 0 Å². The number of ether oxygens (including phenoxy) is 1. The maximum Gasteiger partial charge on any atom is 0.261 e. The number of morpholine rings is 1. The highest BCUT2D eigenvalue weighted by Crippen LogP contribution is 2.28. The van der Waals surface area contributed by atoms with E-state index in [1.165, 1.54) is 0 Å². The fraction of sp³-hybridized carbons (Fsp3) is 0.333. The highest BCUT2D eigenvalue weighted by atomic mass is 32.2. The quantitative estimate of drug-likeness (QED) is 0.924. The van der Waals surface area contributed by atoms with Crippen LogP contribution < -0.4 is 9.62 Å². The Morgan fingerprint density at radius 2 is 1.71 bits per heavy atom. The Morgan fingerprint density at radius 3 is 2.33 bits per heavy atom. The van der Waals surface area contributed by atoms with Crippen molar-refractivity contribution in [2.45, 2.75) is 24.3 Å². The summed E-state index contributed by atoms with van der Waals surface area (Å²) in [5, 5.41) is 0. The number of hydrogen-bond donors (Lipinski definition) is 1. The highest BCUT2D eigenvalue weighted by molar-refractivity contribution is 7.92. The number of sulfonamides is 1. The first kappa shape index (κ1) is 16.8. The van der Waals surface area contributed by atoms with Gasteiger partial charge in [0.25, 0.3) is 10.0 Å². The van der Waals surface area contributed by atoms with Crippen LogP contribution in [0.25, 0.3) is 0 Å². The molecule has 0 radical (unpaired) electrons. The van der Waals surface area contributed by atoms with Crippen LogP contribution in [-0.2, 0) is 14.8 Å². The molecule has 0 atom stereocenters. The second-order valence-electron chi connectivity index (χ2n) is 6.48. The molecule has 0 saturated carbocycles. The van der Waals surface area contributed by atoms with E-state index >= 15 is 0 Å². The van der Waals surface area contributed by atoms with Crippen LogP contribution in [0.15, 0.2) is 59.5 Å². The molecular weight excluding hydrogens is 324 g/mol. The van der Waals surface area contributed by atoms with E-state index in [0.29, 0.717) is 18.9 Å². The molecule has 1 N–H and O–H groups in total. The fourth-order valence-corrected chi connectivity index (χ4v) is 3.94. The van der Waals surface area contributed by atoms with Crippen LogP contribution >= 0.6 is 0 Å². The van der Waals surface area contributed by atoms with Gasteiger partial charge in [-0.3, -0.25) is 4.72 Å². The van der Waals surface area contributed by atoms with Gasteiger partial charge in [0.05, 0.1) is 23.6 Å². The molecule has 1 fully saturated rings. The second-order valence-corrected chi connectivity index (χ2v) is 8.16. The van der Waals surface area contributed by atoms with Crippen molar-refractivity contribution in [3.05, 3.63) is 54.6 Å². The predicted molar refractivity (Wildman–Crippen MR) is 95.9 cm³/mol. The minimum atomic E-state index is -3.56. The molecule has 1 heterocycles. The zero-order valence-corrected chi connectivity index (χ0v) is 14.7. The standard InChI is InChI=1S/C18H22N2O3S/c1-18(2)14-23-13-12-20(18)16-10-8-15(9-11-16)19-24(21,22)17-6-4-3-5-7-17/h3-11,19H,12-14H2,1-2H3. The summed E-state index contributed by atoms with van der Waals surface area (Å²) in [4.78, 5) is 2.54. The van der Waals surface area contributed by atoms with E-state index in [4.69, 9.17) is 4.74 Å². The molecule has 2 aromatic rings. The molecule has 24 heavy (non-hydrogen) atoms. The zero-order chi connectivity index (χ0) is 17.2. The van der Waals surface area contributed by atoms with Gasteiger partial charge in [-0.25, -0.2) is 8.42 Å². The van der Waals surface area contributed by atoms with E-state index in [9.17, 15) is 8.42 Å². The summed E-state index contributed by atoms with van der Waals surface area (Å²) in [6.07, 6.45) is 0. The maximum absolute atomic E-state index is 12.4. The van der Waals surface area contributed by atoms with Gasteiger partial charge in [0.1, 0.15) is 0 Å². The van der Waals surface area contributed by atoms with Crippen LogP contribution in [-0.4, -0.2) is 33.7 Å². The molecule has 0 aliphatic carbocycles. The molecule has 6 heteroatoms. The Balaban J connectivity index is 1.78. The van der Waals surface area contributed by atoms with Crippen molar-refractivity contribution in [2.24, 2.45) is 0 Å². The van der Waals surface area contributed by atoms with E-state index in [1.807, 2.05) is 12.1 Å². The summed E-state index contributed by atoms with van der Waals surface area (Å²) in [5.74, 6) is 0. The average Bonchev–Trinajstić information content (AvgIpc) is 2.56. The Labute approximate surface area is 143 Å². The van der Waals surface area contributed by atoms with Gasteiger partial charge < -0.3 is 9.64 Å². The van der Waals surface area contributed by atoms with Crippen molar-refractivity contribution >= 4 is 21.4 Å². The van der Waals surface area contributed by atoms with E-state index < -0.39 is 10.0 Å². The first-order valence-electron chi connectivity index (χ1n) is 7.92. The summed E-state index contributed by atoms with van der Waals surface area (Å²) in [6, 6.07) is 15.8. The Bertz CT molecular complexity index is 787. The van der Waals surface area contributed by atoms with Gasteiger partial charge in [-0.15, -0.1) is 0 Å². The zero-order valence-electron chi connectivity index (χ0n) is 13.9. The number of nitrogens with one attached hydrogen (secondary N) is 1. The minimum Gasteiger partial charge on any atom is -0.377 e. The summed E-state index contributed by atoms with van der Waals surface area (Å²) < 4.78 is 32.9. The highest BCUT2D eigenvalue weighted by Gasteiger charge is 2.30. The number of rotatable bonds is 4. The van der Waals surface area contributed by atoms with Crippen molar-refractivity contribution in [1.82, 2.24) is 0 Å². The van der Waals surface area contributed by atoms with Crippen molar-refractivity contribution < 1.29 is 13.2 Å². The number of anilines is 2. The van der Waals surface area contributed by atoms with Gasteiger partial charge in [-0.2, -0.15) is 0 Å². The van der Waals surface area contributed by atoms with Gasteiger partial charge in [-0.1, -0.05) is 18.2 Å². The number of nitrogens with zero attached hydrogens (tertiary/aromatic N) is 1. The molecule has 0 spiro atoms. The van der Waals surface area contributed by atoms with Gasteiger partial charge in [0.2, 0.25) is 0 Å². The average molecular weight is 346 g/mol. The number of hydrogen-bond acceptors (Lipinski definition) is 4. The molecule has 1 aliphatic rings. The molecule has 5 nitrogen and oxygen atoms in total. The van der Waals surface area contributed by atoms with Gasteiger partial charge in [-0.05, 0) is 50.2 Å². The van der Waals surface area contributed by atoms with Crippen molar-refractivity contribution in [3.63, 3.8) is 0 Å². The van der Waals surface area contributed by atoms with Crippen molar-refractivity contribution in [2.75, 3.05) is 29.4 Å². The lowest BCUT2D eigenvalue weighted by molar-refractivity contribution is 0.0644. The molecule has 0 bridgehead atoms. The summed E-state index contributed by atoms with van der Waals surface area (Å²) in [6.45, 7) is 6.47. The minimum absolute atomic E-state index is 0.0800. The predicted octanol–water partition coefficient (Wildman–Crippen LogP) is 3.10. The van der Waals surface area contributed by atoms with E-state index in [1.54, 1.807) is 42.5 Å². The molecule has 128 valence electrons. The third kappa shape index (κ3) is 3.55. The largest absolute Gasteiger partial charge is 0.377 e. The van der Waals surface area contributed by atoms with Crippen LogP contribution in [0, 0.1) is 0 Å². The normalized spacial score (nSPS) is 17.5. The lowest BCUT2D eigenvalue weighted by Gasteiger charge is -2.43. The Morgan fingerprint density at radius 1 is 1.04 bits per heavy atom. The smallest absolute Gasteiger partial charge is 0.261 e. The van der Waals surface area contributed by atoms with Gasteiger partial charge in [0, 0.05) is 17.9 Å². The molecule has 0 amide bonds. The molecule has 1 aliphatic heterocycles. The third-order valence-electron chi connectivity index (χ3n) is 4.13. The van der Waals surface area contributed by atoms with Crippen LogP contribution in [0.5, 0.6) is 0 Å². The first-order valence-corrected chi connectivity index (χ1v) is 9.40.